The Morgan fingerprint density at radius 1 is 1.30 bits per heavy atom. The van der Waals surface area contributed by atoms with Crippen LogP contribution in [0.4, 0.5) is 5.82 Å². The van der Waals surface area contributed by atoms with Crippen LogP contribution in [0.5, 0.6) is 0 Å². The minimum Gasteiger partial charge on any atom is -0.356 e. The molecule has 3 aromatic rings. The van der Waals surface area contributed by atoms with Gasteiger partial charge in [0.15, 0.2) is 11.5 Å². The quantitative estimate of drug-likeness (QED) is 0.740. The lowest BCUT2D eigenvalue weighted by Gasteiger charge is -2.24. The largest absolute Gasteiger partial charge is 0.356 e. The predicted octanol–water partition coefficient (Wildman–Crippen LogP) is 3.09. The van der Waals surface area contributed by atoms with Crippen LogP contribution in [0.25, 0.3) is 17.0 Å². The van der Waals surface area contributed by atoms with E-state index in [1.807, 2.05) is 28.1 Å². The highest BCUT2D eigenvalue weighted by Gasteiger charge is 2.14. The predicted molar refractivity (Wildman–Crippen MR) is 82.3 cm³/mol. The van der Waals surface area contributed by atoms with Crippen molar-refractivity contribution in [1.29, 1.82) is 0 Å². The van der Waals surface area contributed by atoms with E-state index in [9.17, 15) is 0 Å². The normalized spacial score (nSPS) is 12.8. The molecule has 0 amide bonds. The SMILES string of the molecule is CCC(C)N(C)c1ccc2nnc(-c3ccsc3)n2n1. The van der Waals surface area contributed by atoms with Gasteiger partial charge in [-0.3, -0.25) is 0 Å². The molecule has 0 spiro atoms. The van der Waals surface area contributed by atoms with Gasteiger partial charge in [-0.2, -0.15) is 15.9 Å². The maximum absolute atomic E-state index is 4.68. The minimum absolute atomic E-state index is 0.445. The Morgan fingerprint density at radius 3 is 2.85 bits per heavy atom. The van der Waals surface area contributed by atoms with E-state index in [2.05, 4.69) is 46.5 Å². The first kappa shape index (κ1) is 13.1. The first-order chi connectivity index (χ1) is 9.70. The molecule has 6 heteroatoms. The van der Waals surface area contributed by atoms with E-state index in [0.29, 0.717) is 6.04 Å². The van der Waals surface area contributed by atoms with Crippen molar-refractivity contribution in [2.45, 2.75) is 26.3 Å². The molecular formula is C14H17N5S. The summed E-state index contributed by atoms with van der Waals surface area (Å²) in [6, 6.07) is 6.44. The fourth-order valence-electron chi connectivity index (χ4n) is 2.04. The Hall–Kier alpha value is -1.95. The van der Waals surface area contributed by atoms with E-state index < -0.39 is 0 Å². The lowest BCUT2D eigenvalue weighted by molar-refractivity contribution is 0.650. The van der Waals surface area contributed by atoms with Gasteiger partial charge in [-0.1, -0.05) is 6.92 Å². The Morgan fingerprint density at radius 2 is 2.15 bits per heavy atom. The number of hydrogen-bond donors (Lipinski definition) is 0. The summed E-state index contributed by atoms with van der Waals surface area (Å²) >= 11 is 1.65. The zero-order valence-electron chi connectivity index (χ0n) is 11.8. The zero-order chi connectivity index (χ0) is 14.1. The summed E-state index contributed by atoms with van der Waals surface area (Å²) in [6.07, 6.45) is 1.08. The van der Waals surface area contributed by atoms with E-state index in [-0.39, 0.29) is 0 Å². The number of aromatic nitrogens is 4. The van der Waals surface area contributed by atoms with Crippen LogP contribution in [-0.2, 0) is 0 Å². The van der Waals surface area contributed by atoms with E-state index >= 15 is 0 Å². The topological polar surface area (TPSA) is 46.3 Å². The van der Waals surface area contributed by atoms with Crippen molar-refractivity contribution in [3.63, 3.8) is 0 Å². The van der Waals surface area contributed by atoms with Crippen LogP contribution in [0.2, 0.25) is 0 Å². The monoisotopic (exact) mass is 287 g/mol. The highest BCUT2D eigenvalue weighted by Crippen LogP contribution is 2.22. The number of rotatable bonds is 4. The van der Waals surface area contributed by atoms with Crippen molar-refractivity contribution in [2.75, 3.05) is 11.9 Å². The summed E-state index contributed by atoms with van der Waals surface area (Å²) in [4.78, 5) is 2.18. The maximum Gasteiger partial charge on any atom is 0.186 e. The first-order valence-electron chi connectivity index (χ1n) is 6.68. The molecule has 3 heterocycles. The highest BCUT2D eigenvalue weighted by molar-refractivity contribution is 7.08. The Balaban J connectivity index is 2.08. The molecule has 0 aromatic carbocycles. The van der Waals surface area contributed by atoms with Gasteiger partial charge in [-0.05, 0) is 36.9 Å². The summed E-state index contributed by atoms with van der Waals surface area (Å²) in [5, 5.41) is 17.2. The molecule has 0 aliphatic rings. The smallest absolute Gasteiger partial charge is 0.186 e. The van der Waals surface area contributed by atoms with Crippen LogP contribution in [0, 0.1) is 0 Å². The molecule has 20 heavy (non-hydrogen) atoms. The van der Waals surface area contributed by atoms with Gasteiger partial charge in [-0.25, -0.2) is 0 Å². The number of thiophene rings is 1. The van der Waals surface area contributed by atoms with Crippen molar-refractivity contribution in [3.8, 4) is 11.4 Å². The average molecular weight is 287 g/mol. The molecular weight excluding hydrogens is 270 g/mol. The van der Waals surface area contributed by atoms with Crippen molar-refractivity contribution < 1.29 is 0 Å². The summed E-state index contributed by atoms with van der Waals surface area (Å²) < 4.78 is 1.82. The van der Waals surface area contributed by atoms with Crippen molar-refractivity contribution in [1.82, 2.24) is 19.8 Å². The van der Waals surface area contributed by atoms with Gasteiger partial charge in [0, 0.05) is 24.0 Å². The van der Waals surface area contributed by atoms with Gasteiger partial charge >= 0.3 is 0 Å². The second-order valence-electron chi connectivity index (χ2n) is 4.87. The third-order valence-corrected chi connectivity index (χ3v) is 4.32. The van der Waals surface area contributed by atoms with Gasteiger partial charge in [-0.15, -0.1) is 15.3 Å². The maximum atomic E-state index is 4.68. The number of fused-ring (bicyclic) bond motifs is 1. The number of hydrogen-bond acceptors (Lipinski definition) is 5. The molecule has 104 valence electrons. The van der Waals surface area contributed by atoms with E-state index in [1.54, 1.807) is 11.3 Å². The Kier molecular flexibility index (Phi) is 3.40. The third-order valence-electron chi connectivity index (χ3n) is 3.64. The van der Waals surface area contributed by atoms with Crippen LogP contribution in [0.1, 0.15) is 20.3 Å². The lowest BCUT2D eigenvalue weighted by atomic mass is 10.2. The summed E-state index contributed by atoms with van der Waals surface area (Å²) in [5.41, 5.74) is 1.82. The summed E-state index contributed by atoms with van der Waals surface area (Å²) in [5.74, 6) is 1.73. The first-order valence-corrected chi connectivity index (χ1v) is 7.63. The fraction of sp³-hybridized carbons (Fsp3) is 0.357. The molecule has 0 saturated heterocycles. The number of anilines is 1. The molecule has 1 unspecified atom stereocenters. The van der Waals surface area contributed by atoms with Crippen LogP contribution in [0.15, 0.2) is 29.0 Å². The molecule has 0 saturated carbocycles. The highest BCUT2D eigenvalue weighted by atomic mass is 32.1. The van der Waals surface area contributed by atoms with Crippen molar-refractivity contribution >= 4 is 22.8 Å². The van der Waals surface area contributed by atoms with Gasteiger partial charge in [0.25, 0.3) is 0 Å². The van der Waals surface area contributed by atoms with Crippen LogP contribution in [-0.4, -0.2) is 32.9 Å². The molecule has 5 nitrogen and oxygen atoms in total. The van der Waals surface area contributed by atoms with Crippen LogP contribution in [0.3, 0.4) is 0 Å². The second-order valence-corrected chi connectivity index (χ2v) is 5.65. The molecule has 0 fully saturated rings. The van der Waals surface area contributed by atoms with Crippen LogP contribution < -0.4 is 4.90 Å². The van der Waals surface area contributed by atoms with Gasteiger partial charge in [0.1, 0.15) is 5.82 Å². The van der Waals surface area contributed by atoms with Crippen molar-refractivity contribution in [2.24, 2.45) is 0 Å². The molecule has 1 atom stereocenters. The van der Waals surface area contributed by atoms with Crippen molar-refractivity contribution in [3.05, 3.63) is 29.0 Å². The van der Waals surface area contributed by atoms with E-state index in [4.69, 9.17) is 0 Å². The lowest BCUT2D eigenvalue weighted by Crippen LogP contribution is -2.29. The molecule has 0 aliphatic carbocycles. The molecule has 3 rings (SSSR count). The molecule has 0 radical (unpaired) electrons. The second kappa shape index (κ2) is 5.20. The standard InChI is InChI=1S/C14H17N5S/c1-4-10(2)18(3)13-6-5-12-15-16-14(19(12)17-13)11-7-8-20-9-11/h5-10H,4H2,1-3H3. The number of nitrogens with zero attached hydrogens (tertiary/aromatic N) is 5. The summed E-state index contributed by atoms with van der Waals surface area (Å²) in [6.45, 7) is 4.37. The molecule has 0 bridgehead atoms. The molecule has 0 aliphatic heterocycles. The molecule has 0 N–H and O–H groups in total. The minimum atomic E-state index is 0.445. The zero-order valence-corrected chi connectivity index (χ0v) is 12.6. The average Bonchev–Trinajstić information content (AvgIpc) is 3.13. The van der Waals surface area contributed by atoms with Gasteiger partial charge < -0.3 is 4.90 Å². The Bertz CT molecular complexity index is 704. The van der Waals surface area contributed by atoms with Crippen LogP contribution >= 0.6 is 11.3 Å². The van der Waals surface area contributed by atoms with E-state index in [0.717, 1.165) is 29.3 Å². The van der Waals surface area contributed by atoms with Gasteiger partial charge in [0.2, 0.25) is 0 Å². The fourth-order valence-corrected chi connectivity index (χ4v) is 2.67. The third kappa shape index (κ3) is 2.16. The Labute approximate surface area is 121 Å². The molecule has 3 aromatic heterocycles. The van der Waals surface area contributed by atoms with E-state index in [1.165, 1.54) is 0 Å². The van der Waals surface area contributed by atoms with Gasteiger partial charge in [0.05, 0.1) is 0 Å². The summed E-state index contributed by atoms with van der Waals surface area (Å²) in [7, 11) is 2.07.